The first-order chi connectivity index (χ1) is 22.4. The molecule has 0 unspecified atom stereocenters. The summed E-state index contributed by atoms with van der Waals surface area (Å²) < 4.78 is 20.8. The Hall–Kier alpha value is -4.47. The van der Waals surface area contributed by atoms with Crippen LogP contribution in [0.2, 0.25) is 0 Å². The van der Waals surface area contributed by atoms with Gasteiger partial charge in [0.1, 0.15) is 24.1 Å². The van der Waals surface area contributed by atoms with Gasteiger partial charge >= 0.3 is 5.97 Å². The highest BCUT2D eigenvalue weighted by Gasteiger charge is 2.37. The van der Waals surface area contributed by atoms with Crippen molar-refractivity contribution in [2.75, 3.05) is 13.7 Å². The van der Waals surface area contributed by atoms with Crippen LogP contribution in [-0.4, -0.2) is 24.3 Å². The van der Waals surface area contributed by atoms with Gasteiger partial charge in [0.15, 0.2) is 4.80 Å². The van der Waals surface area contributed by atoms with E-state index < -0.39 is 12.0 Å². The Morgan fingerprint density at radius 3 is 2.50 bits per heavy atom. The number of ether oxygens (including phenoxy) is 3. The molecule has 1 aromatic heterocycles. The number of esters is 1. The van der Waals surface area contributed by atoms with Gasteiger partial charge in [-0.3, -0.25) is 9.36 Å². The molecular weight excluding hydrogens is 664 g/mol. The van der Waals surface area contributed by atoms with Crippen LogP contribution in [0, 0.1) is 0 Å². The number of rotatable bonds is 10. The van der Waals surface area contributed by atoms with E-state index in [9.17, 15) is 9.59 Å². The van der Waals surface area contributed by atoms with Gasteiger partial charge in [-0.15, -0.1) is 0 Å². The van der Waals surface area contributed by atoms with Crippen LogP contribution in [0.5, 0.6) is 11.5 Å². The molecule has 1 aliphatic rings. The summed E-state index contributed by atoms with van der Waals surface area (Å²) in [5.41, 5.74) is 3.23. The van der Waals surface area contributed by atoms with Crippen molar-refractivity contribution >= 4 is 50.1 Å². The second kappa shape index (κ2) is 13.9. The fraction of sp³-hybridized carbons (Fsp3) is 0.216. The highest BCUT2D eigenvalue weighted by atomic mass is 79.9. The average molecular weight is 698 g/mol. The Kier molecular flexibility index (Phi) is 9.51. The zero-order valence-corrected chi connectivity index (χ0v) is 28.2. The Labute approximate surface area is 279 Å². The molecule has 0 bridgehead atoms. The molecule has 5 aromatic rings. The molecule has 6 rings (SSSR count). The minimum absolute atomic E-state index is 0.197. The number of halogens is 1. The van der Waals surface area contributed by atoms with E-state index in [2.05, 4.69) is 15.9 Å². The molecule has 0 amide bonds. The van der Waals surface area contributed by atoms with E-state index in [0.29, 0.717) is 45.1 Å². The number of thiazole rings is 1. The Morgan fingerprint density at radius 1 is 0.978 bits per heavy atom. The lowest BCUT2D eigenvalue weighted by atomic mass is 9.90. The third-order valence-corrected chi connectivity index (χ3v) is 9.34. The lowest BCUT2D eigenvalue weighted by Gasteiger charge is -2.28. The van der Waals surface area contributed by atoms with Crippen molar-refractivity contribution in [1.29, 1.82) is 0 Å². The van der Waals surface area contributed by atoms with Crippen molar-refractivity contribution in [2.45, 2.75) is 39.3 Å². The molecule has 1 atom stereocenters. The second-order valence-corrected chi connectivity index (χ2v) is 12.7. The van der Waals surface area contributed by atoms with E-state index >= 15 is 0 Å². The van der Waals surface area contributed by atoms with E-state index in [1.165, 1.54) is 11.3 Å². The van der Waals surface area contributed by atoms with Crippen LogP contribution in [0.15, 0.2) is 110 Å². The maximum atomic E-state index is 14.5. The number of hydrogen-bond donors (Lipinski definition) is 0. The van der Waals surface area contributed by atoms with Gasteiger partial charge < -0.3 is 14.2 Å². The highest BCUT2D eigenvalue weighted by Crippen LogP contribution is 2.41. The van der Waals surface area contributed by atoms with E-state index in [-0.39, 0.29) is 12.2 Å². The van der Waals surface area contributed by atoms with E-state index in [1.54, 1.807) is 18.6 Å². The maximum absolute atomic E-state index is 14.5. The standard InChI is InChI=1S/C37H33BrN2O5S/c1-4-10-28-33(36(42)44-5-2)34(32-27-13-8-6-11-24(27)17-20-30(32)43-3)40-35(41)31(46-37(40)39-28)21-25-12-7-9-14-29(25)45-22-23-15-18-26(38)19-16-23/h6-9,11-21,34H,4-5,10,22H2,1-3H3/b31-21-/t34-/m0/s1. The smallest absolute Gasteiger partial charge is 0.338 e. The summed E-state index contributed by atoms with van der Waals surface area (Å²) in [6.07, 6.45) is 3.15. The molecule has 46 heavy (non-hydrogen) atoms. The van der Waals surface area contributed by atoms with Crippen LogP contribution >= 0.6 is 27.3 Å². The molecule has 0 saturated carbocycles. The molecule has 234 valence electrons. The van der Waals surface area contributed by atoms with Gasteiger partial charge in [0.25, 0.3) is 5.56 Å². The maximum Gasteiger partial charge on any atom is 0.338 e. The van der Waals surface area contributed by atoms with Crippen LogP contribution in [0.1, 0.15) is 49.4 Å². The summed E-state index contributed by atoms with van der Waals surface area (Å²) >= 11 is 4.77. The van der Waals surface area contributed by atoms with Crippen molar-refractivity contribution in [2.24, 2.45) is 4.99 Å². The molecule has 0 saturated heterocycles. The minimum atomic E-state index is -0.802. The number of carbonyl (C=O) groups is 1. The molecular formula is C37H33BrN2O5S. The summed E-state index contributed by atoms with van der Waals surface area (Å²) in [7, 11) is 1.60. The highest BCUT2D eigenvalue weighted by molar-refractivity contribution is 9.10. The molecule has 1 aliphatic heterocycles. The minimum Gasteiger partial charge on any atom is -0.496 e. The van der Waals surface area contributed by atoms with Crippen LogP contribution in [0.3, 0.4) is 0 Å². The topological polar surface area (TPSA) is 79.1 Å². The Bertz CT molecular complexity index is 2130. The molecule has 9 heteroatoms. The van der Waals surface area contributed by atoms with E-state index in [0.717, 1.165) is 38.4 Å². The van der Waals surface area contributed by atoms with Crippen molar-refractivity contribution in [3.05, 3.63) is 137 Å². The van der Waals surface area contributed by atoms with E-state index in [1.807, 2.05) is 97.9 Å². The van der Waals surface area contributed by atoms with Gasteiger partial charge in [0.2, 0.25) is 0 Å². The summed E-state index contributed by atoms with van der Waals surface area (Å²) in [5, 5.41) is 1.85. The summed E-state index contributed by atoms with van der Waals surface area (Å²) in [4.78, 5) is 33.7. The van der Waals surface area contributed by atoms with Gasteiger partial charge in [0, 0.05) is 15.6 Å². The van der Waals surface area contributed by atoms with Gasteiger partial charge in [-0.05, 0) is 60.0 Å². The second-order valence-electron chi connectivity index (χ2n) is 10.8. The number of para-hydroxylation sites is 1. The van der Waals surface area contributed by atoms with Crippen LogP contribution in [0.25, 0.3) is 16.8 Å². The molecule has 7 nitrogen and oxygen atoms in total. The predicted molar refractivity (Wildman–Crippen MR) is 185 cm³/mol. The van der Waals surface area contributed by atoms with Gasteiger partial charge in [-0.25, -0.2) is 9.79 Å². The number of fused-ring (bicyclic) bond motifs is 2. The SMILES string of the molecule is CCCC1=C(C(=O)OCC)[C@H](c2c(OC)ccc3ccccc23)n2c(s/c(=C\c3ccccc3OCc3ccc(Br)cc3)c2=O)=N1. The van der Waals surface area contributed by atoms with Gasteiger partial charge in [0.05, 0.1) is 29.5 Å². The first-order valence-corrected chi connectivity index (χ1v) is 16.8. The number of carbonyl (C=O) groups excluding carboxylic acids is 1. The van der Waals surface area contributed by atoms with Crippen LogP contribution in [-0.2, 0) is 16.1 Å². The lowest BCUT2D eigenvalue weighted by molar-refractivity contribution is -0.139. The number of methoxy groups -OCH3 is 1. The molecule has 0 spiro atoms. The number of benzene rings is 4. The lowest BCUT2D eigenvalue weighted by Crippen LogP contribution is -2.40. The number of aromatic nitrogens is 1. The van der Waals surface area contributed by atoms with Crippen molar-refractivity contribution in [1.82, 2.24) is 4.57 Å². The first-order valence-electron chi connectivity index (χ1n) is 15.2. The van der Waals surface area contributed by atoms with Crippen molar-refractivity contribution in [3.63, 3.8) is 0 Å². The fourth-order valence-electron chi connectivity index (χ4n) is 5.74. The quantitative estimate of drug-likeness (QED) is 0.146. The monoisotopic (exact) mass is 696 g/mol. The summed E-state index contributed by atoms with van der Waals surface area (Å²) in [6, 6.07) is 26.6. The zero-order valence-electron chi connectivity index (χ0n) is 25.8. The zero-order chi connectivity index (χ0) is 32.2. The number of hydrogen-bond acceptors (Lipinski definition) is 7. The predicted octanol–water partition coefficient (Wildman–Crippen LogP) is 7.08. The third-order valence-electron chi connectivity index (χ3n) is 7.83. The molecule has 0 radical (unpaired) electrons. The molecule has 0 aliphatic carbocycles. The average Bonchev–Trinajstić information content (AvgIpc) is 3.38. The summed E-state index contributed by atoms with van der Waals surface area (Å²) in [5.74, 6) is 0.738. The van der Waals surface area contributed by atoms with E-state index in [4.69, 9.17) is 19.2 Å². The molecule has 4 aromatic carbocycles. The summed E-state index contributed by atoms with van der Waals surface area (Å²) in [6.45, 7) is 4.39. The molecule has 2 heterocycles. The fourth-order valence-corrected chi connectivity index (χ4v) is 7.02. The molecule has 0 N–H and O–H groups in total. The van der Waals surface area contributed by atoms with Gasteiger partial charge in [-0.2, -0.15) is 0 Å². The largest absolute Gasteiger partial charge is 0.496 e. The normalized spacial score (nSPS) is 14.6. The van der Waals surface area contributed by atoms with Crippen molar-refractivity contribution in [3.8, 4) is 11.5 Å². The number of nitrogens with zero attached hydrogens (tertiary/aromatic N) is 2. The first kappa shape index (κ1) is 31.5. The Morgan fingerprint density at radius 2 is 1.74 bits per heavy atom. The third kappa shape index (κ3) is 6.17. The Balaban J connectivity index is 1.55. The molecule has 0 fully saturated rings. The van der Waals surface area contributed by atoms with Crippen LogP contribution in [0.4, 0.5) is 0 Å². The number of allylic oxidation sites excluding steroid dienone is 1. The van der Waals surface area contributed by atoms with Crippen LogP contribution < -0.4 is 24.4 Å². The van der Waals surface area contributed by atoms with Gasteiger partial charge in [-0.1, -0.05) is 101 Å². The van der Waals surface area contributed by atoms with Crippen molar-refractivity contribution < 1.29 is 19.0 Å².